The van der Waals surface area contributed by atoms with Gasteiger partial charge in [-0.15, -0.1) is 0 Å². The summed E-state index contributed by atoms with van der Waals surface area (Å²) in [6.45, 7) is 11.3. The molecule has 6 nitrogen and oxygen atoms in total. The Bertz CT molecular complexity index is 327. The molecule has 1 aliphatic heterocycles. The van der Waals surface area contributed by atoms with Gasteiger partial charge in [0.15, 0.2) is 5.84 Å². The molecule has 1 atom stereocenters. The Hall–Kier alpha value is -1.30. The highest BCUT2D eigenvalue weighted by atomic mass is 16.4. The Balaban J connectivity index is 2.56. The fraction of sp³-hybridized carbons (Fsp3) is 0.833. The molecular formula is C12H24N4O2. The van der Waals surface area contributed by atoms with Gasteiger partial charge in [0.1, 0.15) is 0 Å². The van der Waals surface area contributed by atoms with E-state index in [1.165, 1.54) is 0 Å². The van der Waals surface area contributed by atoms with Gasteiger partial charge in [-0.25, -0.2) is 0 Å². The van der Waals surface area contributed by atoms with E-state index in [-0.39, 0.29) is 17.3 Å². The minimum Gasteiger partial charge on any atom is -0.409 e. The van der Waals surface area contributed by atoms with Crippen molar-refractivity contribution in [1.29, 1.82) is 0 Å². The summed E-state index contributed by atoms with van der Waals surface area (Å²) >= 11 is 0. The molecule has 0 radical (unpaired) electrons. The third-order valence-corrected chi connectivity index (χ3v) is 3.47. The van der Waals surface area contributed by atoms with Crippen LogP contribution in [0.4, 0.5) is 0 Å². The van der Waals surface area contributed by atoms with Crippen LogP contribution in [0.5, 0.6) is 0 Å². The zero-order valence-corrected chi connectivity index (χ0v) is 11.7. The van der Waals surface area contributed by atoms with Crippen molar-refractivity contribution in [3.63, 3.8) is 0 Å². The van der Waals surface area contributed by atoms with E-state index in [4.69, 9.17) is 10.9 Å². The SMILES string of the molecule is CC(C(=O)N1CCN(C(C)(C)C)CC1)C(N)=NO. The molecule has 1 saturated heterocycles. The lowest BCUT2D eigenvalue weighted by molar-refractivity contribution is -0.135. The standard InChI is InChI=1S/C12H24N4O2/c1-9(10(13)14-18)11(17)15-5-7-16(8-6-15)12(2,3)4/h9,18H,5-8H2,1-4H3,(H2,13,14). The second-order valence-corrected chi connectivity index (χ2v) is 5.73. The number of carbonyl (C=O) groups is 1. The van der Waals surface area contributed by atoms with Crippen molar-refractivity contribution < 1.29 is 10.0 Å². The second kappa shape index (κ2) is 5.56. The Morgan fingerprint density at radius 3 is 2.17 bits per heavy atom. The number of amides is 1. The lowest BCUT2D eigenvalue weighted by atomic mass is 10.0. The molecule has 6 heteroatoms. The van der Waals surface area contributed by atoms with Crippen molar-refractivity contribution in [3.05, 3.63) is 0 Å². The highest BCUT2D eigenvalue weighted by Gasteiger charge is 2.30. The Kier molecular flexibility index (Phi) is 4.56. The fourth-order valence-electron chi connectivity index (χ4n) is 2.08. The Labute approximate surface area is 108 Å². The molecule has 0 aromatic heterocycles. The maximum Gasteiger partial charge on any atom is 0.233 e. The first kappa shape index (κ1) is 14.8. The molecule has 1 heterocycles. The summed E-state index contributed by atoms with van der Waals surface area (Å²) in [5, 5.41) is 11.5. The lowest BCUT2D eigenvalue weighted by Gasteiger charge is -2.42. The van der Waals surface area contributed by atoms with Crippen LogP contribution in [-0.4, -0.2) is 58.5 Å². The second-order valence-electron chi connectivity index (χ2n) is 5.73. The maximum atomic E-state index is 12.1. The number of carbonyl (C=O) groups excluding carboxylic acids is 1. The Morgan fingerprint density at radius 2 is 1.78 bits per heavy atom. The number of rotatable bonds is 2. The normalized spacial score (nSPS) is 20.9. The number of piperazine rings is 1. The number of nitrogens with zero attached hydrogens (tertiary/aromatic N) is 3. The summed E-state index contributed by atoms with van der Waals surface area (Å²) in [5.74, 6) is -0.659. The summed E-state index contributed by atoms with van der Waals surface area (Å²) in [6.07, 6.45) is 0. The molecule has 1 amide bonds. The molecular weight excluding hydrogens is 232 g/mol. The van der Waals surface area contributed by atoms with Crippen molar-refractivity contribution in [3.8, 4) is 0 Å². The van der Waals surface area contributed by atoms with E-state index < -0.39 is 5.92 Å². The molecule has 0 saturated carbocycles. The zero-order valence-electron chi connectivity index (χ0n) is 11.7. The average molecular weight is 256 g/mol. The number of hydrogen-bond donors (Lipinski definition) is 2. The van der Waals surface area contributed by atoms with E-state index in [0.29, 0.717) is 13.1 Å². The largest absolute Gasteiger partial charge is 0.409 e. The number of nitrogens with two attached hydrogens (primary N) is 1. The van der Waals surface area contributed by atoms with Crippen LogP contribution in [0, 0.1) is 5.92 Å². The highest BCUT2D eigenvalue weighted by Crippen LogP contribution is 2.16. The van der Waals surface area contributed by atoms with Crippen molar-refractivity contribution in [1.82, 2.24) is 9.80 Å². The van der Waals surface area contributed by atoms with Gasteiger partial charge in [0, 0.05) is 31.7 Å². The van der Waals surface area contributed by atoms with Gasteiger partial charge in [-0.2, -0.15) is 0 Å². The minimum atomic E-state index is -0.559. The zero-order chi connectivity index (χ0) is 13.9. The van der Waals surface area contributed by atoms with Gasteiger partial charge in [0.05, 0.1) is 5.92 Å². The topological polar surface area (TPSA) is 82.2 Å². The molecule has 3 N–H and O–H groups in total. The fourth-order valence-corrected chi connectivity index (χ4v) is 2.08. The first-order chi connectivity index (χ1) is 8.27. The molecule has 104 valence electrons. The van der Waals surface area contributed by atoms with E-state index in [9.17, 15) is 4.79 Å². The average Bonchev–Trinajstić information content (AvgIpc) is 2.35. The maximum absolute atomic E-state index is 12.1. The van der Waals surface area contributed by atoms with Crippen molar-refractivity contribution in [2.75, 3.05) is 26.2 Å². The molecule has 0 spiro atoms. The number of hydrogen-bond acceptors (Lipinski definition) is 4. The molecule has 1 rings (SSSR count). The quantitative estimate of drug-likeness (QED) is 0.322. The summed E-state index contributed by atoms with van der Waals surface area (Å²) in [7, 11) is 0. The highest BCUT2D eigenvalue weighted by molar-refractivity contribution is 6.01. The summed E-state index contributed by atoms with van der Waals surface area (Å²) in [5.41, 5.74) is 5.59. The van der Waals surface area contributed by atoms with E-state index in [1.54, 1.807) is 11.8 Å². The smallest absolute Gasteiger partial charge is 0.233 e. The molecule has 1 unspecified atom stereocenters. The van der Waals surface area contributed by atoms with Crippen LogP contribution in [0.2, 0.25) is 0 Å². The van der Waals surface area contributed by atoms with E-state index in [0.717, 1.165) is 13.1 Å². The van der Waals surface area contributed by atoms with Crippen molar-refractivity contribution in [2.45, 2.75) is 33.2 Å². The lowest BCUT2D eigenvalue weighted by Crippen LogP contribution is -2.56. The predicted octanol–water partition coefficient (Wildman–Crippen LogP) is 0.312. The predicted molar refractivity (Wildman–Crippen MR) is 70.5 cm³/mol. The van der Waals surface area contributed by atoms with Gasteiger partial charge >= 0.3 is 0 Å². The third kappa shape index (κ3) is 3.35. The van der Waals surface area contributed by atoms with Crippen LogP contribution in [0.25, 0.3) is 0 Å². The van der Waals surface area contributed by atoms with Gasteiger partial charge in [0.2, 0.25) is 5.91 Å². The van der Waals surface area contributed by atoms with E-state index in [2.05, 4.69) is 30.8 Å². The van der Waals surface area contributed by atoms with Crippen molar-refractivity contribution in [2.24, 2.45) is 16.8 Å². The van der Waals surface area contributed by atoms with Gasteiger partial charge in [-0.3, -0.25) is 9.69 Å². The molecule has 0 aromatic rings. The monoisotopic (exact) mass is 256 g/mol. The van der Waals surface area contributed by atoms with Crippen LogP contribution in [-0.2, 0) is 4.79 Å². The van der Waals surface area contributed by atoms with Crippen LogP contribution < -0.4 is 5.73 Å². The van der Waals surface area contributed by atoms with Gasteiger partial charge < -0.3 is 15.8 Å². The number of oxime groups is 1. The molecule has 0 aromatic carbocycles. The minimum absolute atomic E-state index is 0.0294. The van der Waals surface area contributed by atoms with Crippen LogP contribution in [0.1, 0.15) is 27.7 Å². The summed E-state index contributed by atoms with van der Waals surface area (Å²) in [4.78, 5) is 16.2. The Morgan fingerprint density at radius 1 is 1.28 bits per heavy atom. The summed E-state index contributed by atoms with van der Waals surface area (Å²) in [6, 6.07) is 0. The third-order valence-electron chi connectivity index (χ3n) is 3.47. The van der Waals surface area contributed by atoms with Gasteiger partial charge in [-0.1, -0.05) is 5.16 Å². The number of amidine groups is 1. The molecule has 0 aliphatic carbocycles. The van der Waals surface area contributed by atoms with Crippen LogP contribution in [0.15, 0.2) is 5.16 Å². The first-order valence-electron chi connectivity index (χ1n) is 6.28. The first-order valence-corrected chi connectivity index (χ1v) is 6.28. The van der Waals surface area contributed by atoms with Gasteiger partial charge in [-0.05, 0) is 27.7 Å². The summed E-state index contributed by atoms with van der Waals surface area (Å²) < 4.78 is 0. The van der Waals surface area contributed by atoms with Crippen LogP contribution in [0.3, 0.4) is 0 Å². The van der Waals surface area contributed by atoms with Crippen LogP contribution >= 0.6 is 0 Å². The molecule has 0 bridgehead atoms. The molecule has 1 aliphatic rings. The molecule has 1 fully saturated rings. The van der Waals surface area contributed by atoms with Gasteiger partial charge in [0.25, 0.3) is 0 Å². The van der Waals surface area contributed by atoms with E-state index >= 15 is 0 Å². The van der Waals surface area contributed by atoms with E-state index in [1.807, 2.05) is 0 Å². The molecule has 18 heavy (non-hydrogen) atoms. The van der Waals surface area contributed by atoms with Crippen molar-refractivity contribution >= 4 is 11.7 Å².